The first-order valence-electron chi connectivity index (χ1n) is 4.20. The van der Waals surface area contributed by atoms with Gasteiger partial charge in [-0.25, -0.2) is 0 Å². The highest BCUT2D eigenvalue weighted by Crippen LogP contribution is 2.30. The van der Waals surface area contributed by atoms with Crippen LogP contribution < -0.4 is 0 Å². The summed E-state index contributed by atoms with van der Waals surface area (Å²) in [5.74, 6) is -0.120. The Labute approximate surface area is 81.5 Å². The predicted molar refractivity (Wildman–Crippen MR) is 49.5 cm³/mol. The molecule has 1 aromatic carbocycles. The largest absolute Gasteiger partial charge is 0.457 e. The normalized spacial score (nSPS) is 21.6. The molecule has 1 atom stereocenters. The average Bonchev–Trinajstić information content (AvgIpc) is 2.52. The molecule has 0 amide bonds. The van der Waals surface area contributed by atoms with Gasteiger partial charge in [0.25, 0.3) is 0 Å². The minimum absolute atomic E-state index is 0.0915. The number of rotatable bonds is 1. The fourth-order valence-electron chi connectivity index (χ4n) is 1.47. The number of esters is 1. The van der Waals surface area contributed by atoms with Crippen LogP contribution in [0.1, 0.15) is 24.5 Å². The molecule has 1 fully saturated rings. The van der Waals surface area contributed by atoms with Crippen LogP contribution in [0.2, 0.25) is 5.02 Å². The third-order valence-corrected chi connectivity index (χ3v) is 2.34. The summed E-state index contributed by atoms with van der Waals surface area (Å²) in [7, 11) is 0. The molecule has 0 aromatic heterocycles. The van der Waals surface area contributed by atoms with Gasteiger partial charge in [0, 0.05) is 11.4 Å². The summed E-state index contributed by atoms with van der Waals surface area (Å²) >= 11 is 5.82. The van der Waals surface area contributed by atoms with E-state index in [4.69, 9.17) is 16.3 Å². The van der Waals surface area contributed by atoms with Crippen LogP contribution in [-0.4, -0.2) is 5.97 Å². The number of cyclic esters (lactones) is 1. The molecule has 2 nitrogen and oxygen atoms in total. The van der Waals surface area contributed by atoms with Gasteiger partial charge in [0.1, 0.15) is 6.10 Å². The van der Waals surface area contributed by atoms with Crippen molar-refractivity contribution in [1.29, 1.82) is 0 Å². The molecule has 0 aliphatic carbocycles. The smallest absolute Gasteiger partial charge is 0.306 e. The number of ether oxygens (including phenoxy) is 1. The minimum atomic E-state index is -0.120. The Morgan fingerprint density at radius 2 is 2.31 bits per heavy atom. The molecule has 0 unspecified atom stereocenters. The first-order chi connectivity index (χ1) is 6.25. The second-order valence-electron chi connectivity index (χ2n) is 3.07. The molecular formula is C10H9ClO2. The minimum Gasteiger partial charge on any atom is -0.457 e. The van der Waals surface area contributed by atoms with Crippen LogP contribution in [0.15, 0.2) is 24.3 Å². The number of hydrogen-bond acceptors (Lipinski definition) is 2. The van der Waals surface area contributed by atoms with Crippen LogP contribution in [-0.2, 0) is 9.53 Å². The zero-order chi connectivity index (χ0) is 9.26. The summed E-state index contributed by atoms with van der Waals surface area (Å²) in [5.41, 5.74) is 0.985. The first kappa shape index (κ1) is 8.57. The van der Waals surface area contributed by atoms with E-state index in [-0.39, 0.29) is 12.1 Å². The monoisotopic (exact) mass is 196 g/mol. The van der Waals surface area contributed by atoms with Crippen molar-refractivity contribution in [2.45, 2.75) is 18.9 Å². The van der Waals surface area contributed by atoms with Gasteiger partial charge in [-0.2, -0.15) is 0 Å². The van der Waals surface area contributed by atoms with Crippen molar-refractivity contribution < 1.29 is 9.53 Å². The van der Waals surface area contributed by atoms with E-state index in [9.17, 15) is 4.79 Å². The van der Waals surface area contributed by atoms with Crippen LogP contribution in [0.25, 0.3) is 0 Å². The van der Waals surface area contributed by atoms with Crippen LogP contribution in [0.3, 0.4) is 0 Å². The predicted octanol–water partition coefficient (Wildman–Crippen LogP) is 2.72. The molecule has 0 saturated carbocycles. The Hall–Kier alpha value is -1.02. The van der Waals surface area contributed by atoms with Crippen molar-refractivity contribution in [2.24, 2.45) is 0 Å². The fourth-order valence-corrected chi connectivity index (χ4v) is 1.67. The lowest BCUT2D eigenvalue weighted by molar-refractivity contribution is -0.141. The van der Waals surface area contributed by atoms with Gasteiger partial charge >= 0.3 is 5.97 Å². The standard InChI is InChI=1S/C10H9ClO2/c11-8-3-1-2-7(6-8)9-4-5-10(12)13-9/h1-3,6,9H,4-5H2/t9-/m1/s1. The second-order valence-corrected chi connectivity index (χ2v) is 3.51. The summed E-state index contributed by atoms with van der Waals surface area (Å²) in [6.07, 6.45) is 1.18. The summed E-state index contributed by atoms with van der Waals surface area (Å²) in [6.45, 7) is 0. The zero-order valence-electron chi connectivity index (χ0n) is 7.00. The Balaban J connectivity index is 2.21. The average molecular weight is 197 g/mol. The van der Waals surface area contributed by atoms with Crippen molar-refractivity contribution >= 4 is 17.6 Å². The summed E-state index contributed by atoms with van der Waals surface area (Å²) in [4.78, 5) is 10.9. The zero-order valence-corrected chi connectivity index (χ0v) is 7.75. The lowest BCUT2D eigenvalue weighted by Crippen LogP contribution is -1.97. The maximum Gasteiger partial charge on any atom is 0.306 e. The molecule has 2 rings (SSSR count). The number of hydrogen-bond donors (Lipinski definition) is 0. The molecular weight excluding hydrogens is 188 g/mol. The molecule has 1 aliphatic rings. The summed E-state index contributed by atoms with van der Waals surface area (Å²) in [5, 5.41) is 0.681. The van der Waals surface area contributed by atoms with Crippen molar-refractivity contribution in [2.75, 3.05) is 0 Å². The number of benzene rings is 1. The maximum absolute atomic E-state index is 10.9. The van der Waals surface area contributed by atoms with E-state index in [0.717, 1.165) is 12.0 Å². The van der Waals surface area contributed by atoms with Gasteiger partial charge < -0.3 is 4.74 Å². The van der Waals surface area contributed by atoms with Crippen LogP contribution in [0.4, 0.5) is 0 Å². The number of halogens is 1. The molecule has 68 valence electrons. The first-order valence-corrected chi connectivity index (χ1v) is 4.58. The fraction of sp³-hybridized carbons (Fsp3) is 0.300. The van der Waals surface area contributed by atoms with Gasteiger partial charge in [0.05, 0.1) is 0 Å². The molecule has 0 bridgehead atoms. The quantitative estimate of drug-likeness (QED) is 0.646. The maximum atomic E-state index is 10.9. The topological polar surface area (TPSA) is 26.3 Å². The molecule has 13 heavy (non-hydrogen) atoms. The van der Waals surface area contributed by atoms with Crippen LogP contribution in [0.5, 0.6) is 0 Å². The van der Waals surface area contributed by atoms with Crippen LogP contribution >= 0.6 is 11.6 Å². The Morgan fingerprint density at radius 3 is 2.92 bits per heavy atom. The Morgan fingerprint density at radius 1 is 1.46 bits per heavy atom. The SMILES string of the molecule is O=C1CC[C@H](c2cccc(Cl)c2)O1. The van der Waals surface area contributed by atoms with Gasteiger partial charge in [0.2, 0.25) is 0 Å². The van der Waals surface area contributed by atoms with E-state index in [1.54, 1.807) is 0 Å². The van der Waals surface area contributed by atoms with E-state index in [0.29, 0.717) is 11.4 Å². The third-order valence-electron chi connectivity index (χ3n) is 2.10. The van der Waals surface area contributed by atoms with Crippen molar-refractivity contribution in [3.05, 3.63) is 34.9 Å². The third kappa shape index (κ3) is 1.83. The lowest BCUT2D eigenvalue weighted by atomic mass is 10.1. The molecule has 3 heteroatoms. The van der Waals surface area contributed by atoms with E-state index in [2.05, 4.69) is 0 Å². The van der Waals surface area contributed by atoms with Crippen LogP contribution in [0, 0.1) is 0 Å². The van der Waals surface area contributed by atoms with Crippen molar-refractivity contribution in [3.63, 3.8) is 0 Å². The molecule has 0 spiro atoms. The molecule has 1 saturated heterocycles. The van der Waals surface area contributed by atoms with Gasteiger partial charge in [0.15, 0.2) is 0 Å². The Bertz CT molecular complexity index is 335. The summed E-state index contributed by atoms with van der Waals surface area (Å²) < 4.78 is 5.10. The Kier molecular flexibility index (Phi) is 2.23. The van der Waals surface area contributed by atoms with Gasteiger partial charge in [-0.05, 0) is 24.1 Å². The van der Waals surface area contributed by atoms with Crippen molar-refractivity contribution in [1.82, 2.24) is 0 Å². The van der Waals surface area contributed by atoms with Crippen molar-refractivity contribution in [3.8, 4) is 0 Å². The molecule has 1 aromatic rings. The number of carbonyl (C=O) groups excluding carboxylic acids is 1. The highest BCUT2D eigenvalue weighted by atomic mass is 35.5. The van der Waals surface area contributed by atoms with Gasteiger partial charge in [-0.15, -0.1) is 0 Å². The highest BCUT2D eigenvalue weighted by Gasteiger charge is 2.24. The summed E-state index contributed by atoms with van der Waals surface area (Å²) in [6, 6.07) is 7.44. The molecule has 1 aliphatic heterocycles. The van der Waals surface area contributed by atoms with E-state index < -0.39 is 0 Å². The number of carbonyl (C=O) groups is 1. The highest BCUT2D eigenvalue weighted by molar-refractivity contribution is 6.30. The lowest BCUT2D eigenvalue weighted by Gasteiger charge is -2.08. The van der Waals surface area contributed by atoms with E-state index in [1.807, 2.05) is 24.3 Å². The van der Waals surface area contributed by atoms with E-state index >= 15 is 0 Å². The second kappa shape index (κ2) is 3.38. The van der Waals surface area contributed by atoms with E-state index in [1.165, 1.54) is 0 Å². The van der Waals surface area contributed by atoms with Gasteiger partial charge in [-0.3, -0.25) is 4.79 Å². The van der Waals surface area contributed by atoms with Gasteiger partial charge in [-0.1, -0.05) is 23.7 Å². The molecule has 0 N–H and O–H groups in total. The molecule has 1 heterocycles. The molecule has 0 radical (unpaired) electrons.